The zero-order valence-corrected chi connectivity index (χ0v) is 17.0. The van der Waals surface area contributed by atoms with Gasteiger partial charge in [0.2, 0.25) is 0 Å². The summed E-state index contributed by atoms with van der Waals surface area (Å²) in [5, 5.41) is 1.45. The van der Waals surface area contributed by atoms with E-state index >= 15 is 0 Å². The highest BCUT2D eigenvalue weighted by Crippen LogP contribution is 2.32. The van der Waals surface area contributed by atoms with Gasteiger partial charge < -0.3 is 9.64 Å². The van der Waals surface area contributed by atoms with Crippen molar-refractivity contribution in [1.82, 2.24) is 14.9 Å². The van der Waals surface area contributed by atoms with Crippen LogP contribution >= 0.6 is 22.9 Å². The molecule has 0 saturated heterocycles. The van der Waals surface area contributed by atoms with Crippen LogP contribution in [0.5, 0.6) is 5.75 Å². The van der Waals surface area contributed by atoms with Crippen LogP contribution in [0.2, 0.25) is 5.02 Å². The Balaban J connectivity index is 1.46. The second-order valence-corrected chi connectivity index (χ2v) is 8.27. The Hall–Kier alpha value is -2.44. The highest BCUT2D eigenvalue weighted by Gasteiger charge is 2.34. The van der Waals surface area contributed by atoms with Gasteiger partial charge in [-0.05, 0) is 56.2 Å². The molecule has 3 aromatic rings. The Labute approximate surface area is 173 Å². The molecular weight excluding hydrogens is 394 g/mol. The highest BCUT2D eigenvalue weighted by atomic mass is 35.5. The Morgan fingerprint density at radius 2 is 2.04 bits per heavy atom. The fraction of sp³-hybridized carbons (Fsp3) is 0.286. The molecule has 5 nitrogen and oxygen atoms in total. The van der Waals surface area contributed by atoms with Crippen LogP contribution < -0.4 is 4.74 Å². The van der Waals surface area contributed by atoms with E-state index in [1.54, 1.807) is 18.3 Å². The Morgan fingerprint density at radius 3 is 2.71 bits per heavy atom. The maximum Gasteiger partial charge on any atom is 0.266 e. The molecule has 1 aliphatic rings. The molecule has 0 atom stereocenters. The first-order valence-corrected chi connectivity index (χ1v) is 10.3. The lowest BCUT2D eigenvalue weighted by Gasteiger charge is -2.21. The van der Waals surface area contributed by atoms with Gasteiger partial charge in [-0.1, -0.05) is 17.7 Å². The van der Waals surface area contributed by atoms with Gasteiger partial charge in [0, 0.05) is 17.3 Å². The molecule has 0 radical (unpaired) electrons. The number of amides is 1. The van der Waals surface area contributed by atoms with Gasteiger partial charge in [-0.2, -0.15) is 0 Å². The van der Waals surface area contributed by atoms with Crippen LogP contribution in [-0.4, -0.2) is 26.8 Å². The van der Waals surface area contributed by atoms with Crippen LogP contribution in [0.25, 0.3) is 0 Å². The van der Waals surface area contributed by atoms with Crippen LogP contribution in [0.15, 0.2) is 48.7 Å². The van der Waals surface area contributed by atoms with E-state index in [1.807, 2.05) is 42.2 Å². The number of carbonyl (C=O) groups excluding carboxylic acids is 1. The molecule has 1 fully saturated rings. The number of nitrogens with zero attached hydrogens (tertiary/aromatic N) is 3. The molecule has 0 bridgehead atoms. The van der Waals surface area contributed by atoms with E-state index in [4.69, 9.17) is 16.3 Å². The molecule has 0 N–H and O–H groups in total. The van der Waals surface area contributed by atoms with Gasteiger partial charge in [0.05, 0.1) is 17.9 Å². The predicted molar refractivity (Wildman–Crippen MR) is 110 cm³/mol. The maximum atomic E-state index is 13.2. The summed E-state index contributed by atoms with van der Waals surface area (Å²) in [4.78, 5) is 24.7. The molecule has 144 valence electrons. The van der Waals surface area contributed by atoms with Crippen LogP contribution in [-0.2, 0) is 13.2 Å². The quantitative estimate of drug-likeness (QED) is 0.553. The van der Waals surface area contributed by atoms with E-state index in [0.29, 0.717) is 29.1 Å². The summed E-state index contributed by atoms with van der Waals surface area (Å²) < 4.78 is 5.77. The molecule has 0 unspecified atom stereocenters. The van der Waals surface area contributed by atoms with Crippen molar-refractivity contribution in [3.63, 3.8) is 0 Å². The van der Waals surface area contributed by atoms with Crippen LogP contribution in [0.3, 0.4) is 0 Å². The minimum Gasteiger partial charge on any atom is -0.486 e. The number of thiazole rings is 1. The number of benzene rings is 1. The number of aryl methyl sites for hydroxylation is 1. The summed E-state index contributed by atoms with van der Waals surface area (Å²) in [5.74, 6) is 0.751. The van der Waals surface area contributed by atoms with Crippen molar-refractivity contribution in [3.05, 3.63) is 75.0 Å². The second kappa shape index (κ2) is 8.29. The zero-order chi connectivity index (χ0) is 19.5. The molecule has 4 rings (SSSR count). The van der Waals surface area contributed by atoms with Gasteiger partial charge in [-0.3, -0.25) is 9.78 Å². The third kappa shape index (κ3) is 4.51. The van der Waals surface area contributed by atoms with Crippen molar-refractivity contribution in [1.29, 1.82) is 0 Å². The molecule has 2 aromatic heterocycles. The molecule has 7 heteroatoms. The van der Waals surface area contributed by atoms with E-state index in [2.05, 4.69) is 9.97 Å². The fourth-order valence-electron chi connectivity index (χ4n) is 2.94. The molecule has 0 aliphatic heterocycles. The zero-order valence-electron chi connectivity index (χ0n) is 15.5. The smallest absolute Gasteiger partial charge is 0.266 e. The minimum absolute atomic E-state index is 0.0286. The lowest BCUT2D eigenvalue weighted by Crippen LogP contribution is -2.32. The lowest BCUT2D eigenvalue weighted by atomic mass is 10.3. The van der Waals surface area contributed by atoms with Crippen molar-refractivity contribution >= 4 is 28.8 Å². The number of hydrogen-bond acceptors (Lipinski definition) is 5. The number of rotatable bonds is 7. The molecule has 28 heavy (non-hydrogen) atoms. The highest BCUT2D eigenvalue weighted by molar-refractivity contribution is 7.13. The lowest BCUT2D eigenvalue weighted by molar-refractivity contribution is 0.0731. The van der Waals surface area contributed by atoms with Crippen molar-refractivity contribution < 1.29 is 9.53 Å². The summed E-state index contributed by atoms with van der Waals surface area (Å²) in [6, 6.07) is 13.3. The monoisotopic (exact) mass is 413 g/mol. The predicted octanol–water partition coefficient (Wildman–Crippen LogP) is 4.88. The summed E-state index contributed by atoms with van der Waals surface area (Å²) in [6.45, 7) is 2.73. The third-order valence-electron chi connectivity index (χ3n) is 4.52. The molecule has 0 spiro atoms. The third-order valence-corrected chi connectivity index (χ3v) is 5.89. The number of pyridine rings is 1. The summed E-state index contributed by atoms with van der Waals surface area (Å²) >= 11 is 7.29. The van der Waals surface area contributed by atoms with Gasteiger partial charge in [-0.15, -0.1) is 11.3 Å². The van der Waals surface area contributed by atoms with Crippen molar-refractivity contribution in [3.8, 4) is 5.75 Å². The normalized spacial score (nSPS) is 13.4. The second-order valence-electron chi connectivity index (χ2n) is 6.75. The largest absolute Gasteiger partial charge is 0.486 e. The Morgan fingerprint density at radius 1 is 1.25 bits per heavy atom. The number of hydrogen-bond donors (Lipinski definition) is 0. The van der Waals surface area contributed by atoms with Crippen molar-refractivity contribution in [2.75, 3.05) is 0 Å². The van der Waals surface area contributed by atoms with E-state index in [-0.39, 0.29) is 5.91 Å². The van der Waals surface area contributed by atoms with Gasteiger partial charge in [-0.25, -0.2) is 4.98 Å². The van der Waals surface area contributed by atoms with Crippen LogP contribution in [0, 0.1) is 6.92 Å². The fourth-order valence-corrected chi connectivity index (χ4v) is 4.00. The van der Waals surface area contributed by atoms with Gasteiger partial charge >= 0.3 is 0 Å². The number of halogens is 1. The summed E-state index contributed by atoms with van der Waals surface area (Å²) in [6.07, 6.45) is 3.85. The Kier molecular flexibility index (Phi) is 5.59. The summed E-state index contributed by atoms with van der Waals surface area (Å²) in [5.41, 5.74) is 1.65. The Bertz CT molecular complexity index is 956. The standard InChI is InChI=1S/C21H20ClN3O2S/c1-14-20(28-19(24-14)13-27-18-9-5-15(22)6-10-18)21(26)25(17-7-8-17)12-16-4-2-3-11-23-16/h2-6,9-11,17H,7-8,12-13H2,1H3. The molecule has 2 heterocycles. The average molecular weight is 414 g/mol. The first-order valence-electron chi connectivity index (χ1n) is 9.15. The summed E-state index contributed by atoms with van der Waals surface area (Å²) in [7, 11) is 0. The van der Waals surface area contributed by atoms with E-state index in [1.165, 1.54) is 11.3 Å². The number of ether oxygens (including phenoxy) is 1. The average Bonchev–Trinajstić information content (AvgIpc) is 3.48. The van der Waals surface area contributed by atoms with Gasteiger partial charge in [0.15, 0.2) is 0 Å². The maximum absolute atomic E-state index is 13.2. The van der Waals surface area contributed by atoms with E-state index in [9.17, 15) is 4.79 Å². The van der Waals surface area contributed by atoms with E-state index < -0.39 is 0 Å². The molecule has 1 aromatic carbocycles. The van der Waals surface area contributed by atoms with Crippen LogP contribution in [0.4, 0.5) is 0 Å². The van der Waals surface area contributed by atoms with Gasteiger partial charge in [0.25, 0.3) is 5.91 Å². The van der Waals surface area contributed by atoms with Crippen LogP contribution in [0.1, 0.15) is 38.9 Å². The molecule has 1 amide bonds. The van der Waals surface area contributed by atoms with Crippen molar-refractivity contribution in [2.24, 2.45) is 0 Å². The molecular formula is C21H20ClN3O2S. The minimum atomic E-state index is 0.0286. The van der Waals surface area contributed by atoms with E-state index in [0.717, 1.165) is 35.0 Å². The number of carbonyl (C=O) groups is 1. The first kappa shape index (κ1) is 18.9. The van der Waals surface area contributed by atoms with Crippen molar-refractivity contribution in [2.45, 2.75) is 39.0 Å². The first-order chi connectivity index (χ1) is 13.6. The topological polar surface area (TPSA) is 55.3 Å². The number of aromatic nitrogens is 2. The van der Waals surface area contributed by atoms with Gasteiger partial charge in [0.1, 0.15) is 22.2 Å². The SMILES string of the molecule is Cc1nc(COc2ccc(Cl)cc2)sc1C(=O)N(Cc1ccccn1)C1CC1. The molecule has 1 aliphatic carbocycles. The molecule has 1 saturated carbocycles.